The summed E-state index contributed by atoms with van der Waals surface area (Å²) in [5.41, 5.74) is 5.52. The third kappa shape index (κ3) is 3.70. The van der Waals surface area contributed by atoms with Crippen molar-refractivity contribution in [2.75, 3.05) is 6.54 Å². The first-order chi connectivity index (χ1) is 19.1. The number of carbonyl (C=O) groups excluding carboxylic acids is 1. The van der Waals surface area contributed by atoms with Gasteiger partial charge in [-0.05, 0) is 64.0 Å². The first-order valence-electron chi connectivity index (χ1n) is 14.0. The van der Waals surface area contributed by atoms with Crippen LogP contribution in [0.3, 0.4) is 0 Å². The lowest BCUT2D eigenvalue weighted by Gasteiger charge is -2.46. The van der Waals surface area contributed by atoms with E-state index in [4.69, 9.17) is 24.4 Å². The summed E-state index contributed by atoms with van der Waals surface area (Å²) < 4.78 is 24.8. The first-order valence-corrected chi connectivity index (χ1v) is 14.0. The number of epoxide rings is 1. The van der Waals surface area contributed by atoms with Gasteiger partial charge in [0.1, 0.15) is 39.9 Å². The topological polar surface area (TPSA) is 137 Å². The van der Waals surface area contributed by atoms with Crippen molar-refractivity contribution in [1.82, 2.24) is 5.32 Å². The molecule has 6 heterocycles. The number of hydrogen-bond acceptors (Lipinski definition) is 9. The number of allylic oxidation sites excluding steroid dienone is 3. The number of aryl methyl sites for hydroxylation is 1. The molecular weight excluding hydrogens is 512 g/mol. The van der Waals surface area contributed by atoms with E-state index in [0.29, 0.717) is 35.9 Å². The molecule has 0 radical (unpaired) electrons. The Bertz CT molecular complexity index is 1580. The lowest BCUT2D eigenvalue weighted by molar-refractivity contribution is -0.172. The molecule has 210 valence electrons. The number of ether oxygens (including phenoxy) is 3. The summed E-state index contributed by atoms with van der Waals surface area (Å²) in [6.45, 7) is 6.16. The second-order valence-corrected chi connectivity index (χ2v) is 12.2. The molecule has 0 amide bonds. The minimum absolute atomic E-state index is 0.0304. The fourth-order valence-electron chi connectivity index (χ4n) is 7.32. The summed E-state index contributed by atoms with van der Waals surface area (Å²) in [7, 11) is 0. The Morgan fingerprint density at radius 2 is 2.00 bits per heavy atom. The predicted octanol–water partition coefficient (Wildman–Crippen LogP) is 3.82. The molecule has 1 aliphatic carbocycles. The molecule has 5 aliphatic heterocycles. The van der Waals surface area contributed by atoms with Gasteiger partial charge >= 0.3 is 5.97 Å². The molecule has 2 saturated heterocycles. The van der Waals surface area contributed by atoms with Crippen LogP contribution in [0.2, 0.25) is 0 Å². The molecule has 0 saturated carbocycles. The van der Waals surface area contributed by atoms with Crippen LogP contribution in [0.1, 0.15) is 56.8 Å². The van der Waals surface area contributed by atoms with E-state index in [1.165, 1.54) is 6.07 Å². The highest BCUT2D eigenvalue weighted by atomic mass is 16.7. The van der Waals surface area contributed by atoms with Gasteiger partial charge in [-0.2, -0.15) is 0 Å². The lowest BCUT2D eigenvalue weighted by Crippen LogP contribution is -2.53. The lowest BCUT2D eigenvalue weighted by atomic mass is 9.69. The van der Waals surface area contributed by atoms with Gasteiger partial charge in [-0.1, -0.05) is 18.2 Å². The normalized spacial score (nSPS) is 33.4. The maximum Gasteiger partial charge on any atom is 0.342 e. The fraction of sp³-hybridized carbons (Fsp3) is 0.484. The zero-order valence-electron chi connectivity index (χ0n) is 22.9. The Labute approximate surface area is 231 Å². The maximum atomic E-state index is 14.0. The number of esters is 1. The quantitative estimate of drug-likeness (QED) is 0.298. The van der Waals surface area contributed by atoms with E-state index < -0.39 is 29.2 Å². The molecule has 0 unspecified atom stereocenters. The van der Waals surface area contributed by atoms with Gasteiger partial charge in [0.2, 0.25) is 0 Å². The molecule has 1 spiro atoms. The van der Waals surface area contributed by atoms with Crippen LogP contribution in [0.25, 0.3) is 11.0 Å². The molecule has 9 nitrogen and oxygen atoms in total. The van der Waals surface area contributed by atoms with Gasteiger partial charge in [0.25, 0.3) is 0 Å². The minimum Gasteiger partial charge on any atom is -0.507 e. The van der Waals surface area contributed by atoms with E-state index in [9.17, 15) is 14.7 Å². The molecule has 8 rings (SSSR count). The standard InChI is InChI=1S/C31H34N2O7/c1-15-12-19(34)25-20(37-15)14-21-26(27(25)35)24-17-5-7-18(8-6-17)31(29(36)38-28(24)30(2,3)39-21)22(40-31)9-4-16-10-11-33-23(32)13-16/h5,7,10,12-14,17-18,22,24,28,33,35H,4,6,8-9,11,32H2,1-3H3/t17-,18+,22+,24+,28+,31-/m0/s1. The van der Waals surface area contributed by atoms with E-state index in [2.05, 4.69) is 23.5 Å². The maximum absolute atomic E-state index is 14.0. The van der Waals surface area contributed by atoms with Crippen molar-refractivity contribution >= 4 is 16.9 Å². The third-order valence-electron chi connectivity index (χ3n) is 9.27. The molecule has 40 heavy (non-hydrogen) atoms. The number of nitrogens with one attached hydrogen (secondary N) is 1. The van der Waals surface area contributed by atoms with Crippen LogP contribution in [-0.4, -0.2) is 41.0 Å². The van der Waals surface area contributed by atoms with E-state index in [1.54, 1.807) is 13.0 Å². The van der Waals surface area contributed by atoms with E-state index >= 15 is 0 Å². The van der Waals surface area contributed by atoms with Crippen LogP contribution < -0.4 is 21.2 Å². The van der Waals surface area contributed by atoms with Crippen LogP contribution >= 0.6 is 0 Å². The number of aromatic hydroxyl groups is 1. The largest absolute Gasteiger partial charge is 0.507 e. The first kappa shape index (κ1) is 25.3. The van der Waals surface area contributed by atoms with Crippen molar-refractivity contribution in [3.8, 4) is 11.5 Å². The van der Waals surface area contributed by atoms with E-state index in [1.807, 2.05) is 19.9 Å². The molecule has 9 heteroatoms. The number of nitrogens with two attached hydrogens (primary N) is 1. The summed E-state index contributed by atoms with van der Waals surface area (Å²) in [6.07, 6.45) is 10.2. The zero-order valence-corrected chi connectivity index (χ0v) is 22.9. The van der Waals surface area contributed by atoms with Crippen molar-refractivity contribution in [3.63, 3.8) is 0 Å². The van der Waals surface area contributed by atoms with Crippen molar-refractivity contribution in [2.24, 2.45) is 17.6 Å². The molecule has 4 N–H and O–H groups in total. The van der Waals surface area contributed by atoms with Crippen LogP contribution in [0.4, 0.5) is 0 Å². The summed E-state index contributed by atoms with van der Waals surface area (Å²) in [5, 5.41) is 14.7. The summed E-state index contributed by atoms with van der Waals surface area (Å²) in [4.78, 5) is 26.9. The highest BCUT2D eigenvalue weighted by Crippen LogP contribution is 2.58. The number of fused-ring (bicyclic) bond motifs is 4. The number of phenols is 1. The van der Waals surface area contributed by atoms with Gasteiger partial charge in [-0.15, -0.1) is 0 Å². The number of dihydropyridines is 1. The molecule has 2 bridgehead atoms. The smallest absolute Gasteiger partial charge is 0.342 e. The van der Waals surface area contributed by atoms with Gasteiger partial charge in [-0.25, -0.2) is 4.79 Å². The molecule has 6 atom stereocenters. The predicted molar refractivity (Wildman–Crippen MR) is 147 cm³/mol. The highest BCUT2D eigenvalue weighted by molar-refractivity contribution is 5.88. The summed E-state index contributed by atoms with van der Waals surface area (Å²) in [6, 6.07) is 3.05. The Morgan fingerprint density at radius 1 is 1.18 bits per heavy atom. The highest BCUT2D eigenvalue weighted by Gasteiger charge is 2.69. The SMILES string of the molecule is Cc1cc(=O)c2c(O)c3c(cc2o1)OC(C)(C)[C@@H]1OC(=O)[C@]2(O[C@@H]2CCC2=CCNC(N)=C2)[C@@H]2C=C[C@@H](CC2)[C@H]31. The number of benzene rings is 1. The van der Waals surface area contributed by atoms with Crippen molar-refractivity contribution in [3.05, 3.63) is 69.4 Å². The van der Waals surface area contributed by atoms with Crippen LogP contribution in [0.5, 0.6) is 11.5 Å². The second-order valence-electron chi connectivity index (χ2n) is 12.2. The van der Waals surface area contributed by atoms with Gasteiger partial charge < -0.3 is 34.8 Å². The average Bonchev–Trinajstić information content (AvgIpc) is 3.61. The van der Waals surface area contributed by atoms with Gasteiger partial charge in [0.15, 0.2) is 11.0 Å². The average molecular weight is 547 g/mol. The minimum atomic E-state index is -1.04. The Hall–Kier alpha value is -3.72. The van der Waals surface area contributed by atoms with Gasteiger partial charge in [0.05, 0.1) is 11.9 Å². The van der Waals surface area contributed by atoms with Crippen LogP contribution in [0.15, 0.2) is 57.0 Å². The number of carbonyl (C=O) groups is 1. The Balaban J connectivity index is 1.27. The molecule has 2 aromatic rings. The molecule has 6 aliphatic rings. The van der Waals surface area contributed by atoms with Crippen LogP contribution in [0, 0.1) is 18.8 Å². The Morgan fingerprint density at radius 3 is 2.75 bits per heavy atom. The summed E-state index contributed by atoms with van der Waals surface area (Å²) in [5.74, 6) is 0.415. The van der Waals surface area contributed by atoms with Crippen molar-refractivity contribution in [1.29, 1.82) is 0 Å². The number of rotatable bonds is 3. The number of phenolic OH excluding ortho intramolecular Hbond substituents is 1. The van der Waals surface area contributed by atoms with Crippen LogP contribution in [-0.2, 0) is 14.3 Å². The molecule has 2 fully saturated rings. The third-order valence-corrected chi connectivity index (χ3v) is 9.27. The van der Waals surface area contributed by atoms with Crippen molar-refractivity contribution < 1.29 is 28.5 Å². The fourth-order valence-corrected chi connectivity index (χ4v) is 7.32. The zero-order chi connectivity index (χ0) is 28.0. The molecule has 1 aromatic heterocycles. The Kier molecular flexibility index (Phi) is 5.45. The molecule has 1 aromatic carbocycles. The monoisotopic (exact) mass is 546 g/mol. The number of hydrogen-bond donors (Lipinski definition) is 3. The second kappa shape index (κ2) is 8.64. The molecular formula is C31H34N2O7. The van der Waals surface area contributed by atoms with Gasteiger partial charge in [-0.3, -0.25) is 4.79 Å². The van der Waals surface area contributed by atoms with Gasteiger partial charge in [0, 0.05) is 36.1 Å². The van der Waals surface area contributed by atoms with Crippen molar-refractivity contribution in [2.45, 2.75) is 75.8 Å². The summed E-state index contributed by atoms with van der Waals surface area (Å²) >= 11 is 0. The van der Waals surface area contributed by atoms with E-state index in [0.717, 1.165) is 24.8 Å². The van der Waals surface area contributed by atoms with E-state index in [-0.39, 0.29) is 40.1 Å².